The molecular formula is C13H12N4S2. The van der Waals surface area contributed by atoms with Gasteiger partial charge in [0.05, 0.1) is 5.69 Å². The molecule has 0 saturated heterocycles. The van der Waals surface area contributed by atoms with Crippen LogP contribution in [-0.2, 0) is 5.75 Å². The highest BCUT2D eigenvalue weighted by Crippen LogP contribution is 2.26. The van der Waals surface area contributed by atoms with E-state index in [0.29, 0.717) is 0 Å². The molecule has 4 nitrogen and oxygen atoms in total. The van der Waals surface area contributed by atoms with E-state index in [2.05, 4.69) is 56.7 Å². The summed E-state index contributed by atoms with van der Waals surface area (Å²) in [6.07, 6.45) is 1.51. The van der Waals surface area contributed by atoms with E-state index in [9.17, 15) is 0 Å². The number of hydrogen-bond donors (Lipinski definition) is 1. The van der Waals surface area contributed by atoms with Crippen LogP contribution in [0, 0.1) is 6.92 Å². The second-order valence-corrected chi connectivity index (χ2v) is 5.91. The van der Waals surface area contributed by atoms with Gasteiger partial charge in [-0.05, 0) is 6.92 Å². The van der Waals surface area contributed by atoms with Gasteiger partial charge in [-0.2, -0.15) is 5.10 Å². The number of aromatic nitrogens is 4. The Bertz CT molecular complexity index is 644. The standard InChI is InChI=1S/C13H12N4S2/c1-9-2-4-10(5-3-9)12-16-11(6-18-12)7-19-13-14-8-15-17-13/h2-6,8H,7H2,1H3,(H,14,15,17). The van der Waals surface area contributed by atoms with Crippen molar-refractivity contribution in [2.24, 2.45) is 0 Å². The summed E-state index contributed by atoms with van der Waals surface area (Å²) in [5.41, 5.74) is 3.51. The van der Waals surface area contributed by atoms with Crippen LogP contribution in [0.5, 0.6) is 0 Å². The van der Waals surface area contributed by atoms with Gasteiger partial charge in [0, 0.05) is 16.7 Å². The number of aryl methyl sites for hydroxylation is 1. The molecule has 0 amide bonds. The lowest BCUT2D eigenvalue weighted by molar-refractivity contribution is 0.972. The lowest BCUT2D eigenvalue weighted by atomic mass is 10.2. The van der Waals surface area contributed by atoms with Crippen LogP contribution in [0.3, 0.4) is 0 Å². The minimum atomic E-state index is 0.803. The molecule has 3 rings (SSSR count). The first-order valence-corrected chi connectivity index (χ1v) is 7.67. The largest absolute Gasteiger partial charge is 0.254 e. The number of rotatable bonds is 4. The van der Waals surface area contributed by atoms with Crippen molar-refractivity contribution < 1.29 is 0 Å². The zero-order valence-corrected chi connectivity index (χ0v) is 12.0. The number of hydrogen-bond acceptors (Lipinski definition) is 5. The minimum absolute atomic E-state index is 0.803. The average molecular weight is 288 g/mol. The Morgan fingerprint density at radius 3 is 2.84 bits per heavy atom. The molecule has 0 radical (unpaired) electrons. The van der Waals surface area contributed by atoms with Crippen molar-refractivity contribution >= 4 is 23.1 Å². The lowest BCUT2D eigenvalue weighted by Crippen LogP contribution is -1.83. The van der Waals surface area contributed by atoms with Crippen molar-refractivity contribution in [1.29, 1.82) is 0 Å². The predicted molar refractivity (Wildman–Crippen MR) is 78.2 cm³/mol. The Morgan fingerprint density at radius 2 is 2.11 bits per heavy atom. The lowest BCUT2D eigenvalue weighted by Gasteiger charge is -1.97. The van der Waals surface area contributed by atoms with Crippen LogP contribution < -0.4 is 0 Å². The van der Waals surface area contributed by atoms with Gasteiger partial charge in [-0.3, -0.25) is 5.10 Å². The van der Waals surface area contributed by atoms with Gasteiger partial charge in [-0.25, -0.2) is 9.97 Å². The van der Waals surface area contributed by atoms with Gasteiger partial charge in [0.1, 0.15) is 11.3 Å². The molecule has 1 aromatic carbocycles. The second-order valence-electron chi connectivity index (χ2n) is 4.09. The summed E-state index contributed by atoms with van der Waals surface area (Å²) in [6.45, 7) is 2.09. The van der Waals surface area contributed by atoms with E-state index in [0.717, 1.165) is 21.6 Å². The monoisotopic (exact) mass is 288 g/mol. The molecule has 0 unspecified atom stereocenters. The molecule has 0 spiro atoms. The highest BCUT2D eigenvalue weighted by Gasteiger charge is 2.06. The SMILES string of the molecule is Cc1ccc(-c2nc(CSc3ncn[nH]3)cs2)cc1. The maximum Gasteiger partial charge on any atom is 0.183 e. The number of nitrogens with zero attached hydrogens (tertiary/aromatic N) is 3. The molecule has 0 bridgehead atoms. The van der Waals surface area contributed by atoms with Gasteiger partial charge in [-0.15, -0.1) is 11.3 Å². The van der Waals surface area contributed by atoms with Crippen LogP contribution in [0.2, 0.25) is 0 Å². The Morgan fingerprint density at radius 1 is 1.26 bits per heavy atom. The summed E-state index contributed by atoms with van der Waals surface area (Å²) < 4.78 is 0. The highest BCUT2D eigenvalue weighted by molar-refractivity contribution is 7.98. The van der Waals surface area contributed by atoms with E-state index in [1.54, 1.807) is 23.1 Å². The van der Waals surface area contributed by atoms with Crippen molar-refractivity contribution in [3.05, 3.63) is 47.2 Å². The molecule has 0 atom stereocenters. The van der Waals surface area contributed by atoms with Crippen LogP contribution >= 0.6 is 23.1 Å². The average Bonchev–Trinajstić information content (AvgIpc) is 3.09. The summed E-state index contributed by atoms with van der Waals surface area (Å²) in [5.74, 6) is 0.803. The fourth-order valence-corrected chi connectivity index (χ4v) is 3.21. The predicted octanol–water partition coefficient (Wildman–Crippen LogP) is 3.53. The van der Waals surface area contributed by atoms with Gasteiger partial charge >= 0.3 is 0 Å². The van der Waals surface area contributed by atoms with Crippen molar-refractivity contribution in [2.75, 3.05) is 0 Å². The number of benzene rings is 1. The van der Waals surface area contributed by atoms with E-state index < -0.39 is 0 Å². The van der Waals surface area contributed by atoms with E-state index >= 15 is 0 Å². The molecule has 19 heavy (non-hydrogen) atoms. The maximum atomic E-state index is 4.65. The molecule has 0 fully saturated rings. The molecular weight excluding hydrogens is 276 g/mol. The molecule has 0 aliphatic heterocycles. The zero-order chi connectivity index (χ0) is 13.1. The Balaban J connectivity index is 1.70. The molecule has 6 heteroatoms. The van der Waals surface area contributed by atoms with Gasteiger partial charge in [0.25, 0.3) is 0 Å². The van der Waals surface area contributed by atoms with Crippen molar-refractivity contribution in [2.45, 2.75) is 17.8 Å². The topological polar surface area (TPSA) is 54.5 Å². The molecule has 0 aliphatic carbocycles. The Labute approximate surface area is 119 Å². The molecule has 0 aliphatic rings. The first kappa shape index (κ1) is 12.4. The summed E-state index contributed by atoms with van der Waals surface area (Å²) >= 11 is 3.28. The van der Waals surface area contributed by atoms with E-state index in [1.165, 1.54) is 17.5 Å². The van der Waals surface area contributed by atoms with Crippen LogP contribution in [0.4, 0.5) is 0 Å². The van der Waals surface area contributed by atoms with Crippen LogP contribution in [0.15, 0.2) is 41.1 Å². The zero-order valence-electron chi connectivity index (χ0n) is 10.3. The van der Waals surface area contributed by atoms with Crippen molar-refractivity contribution in [3.63, 3.8) is 0 Å². The molecule has 0 saturated carbocycles. The van der Waals surface area contributed by atoms with Gasteiger partial charge in [0.2, 0.25) is 0 Å². The summed E-state index contributed by atoms with van der Waals surface area (Å²) in [4.78, 5) is 8.72. The summed E-state index contributed by atoms with van der Waals surface area (Å²) in [5, 5.41) is 10.6. The van der Waals surface area contributed by atoms with Crippen molar-refractivity contribution in [1.82, 2.24) is 20.2 Å². The van der Waals surface area contributed by atoms with Crippen LogP contribution in [0.1, 0.15) is 11.3 Å². The van der Waals surface area contributed by atoms with Crippen LogP contribution in [0.25, 0.3) is 10.6 Å². The fraction of sp³-hybridized carbons (Fsp3) is 0.154. The molecule has 2 aromatic heterocycles. The molecule has 1 N–H and O–H groups in total. The first-order valence-electron chi connectivity index (χ1n) is 5.81. The minimum Gasteiger partial charge on any atom is -0.254 e. The van der Waals surface area contributed by atoms with Gasteiger partial charge < -0.3 is 0 Å². The Hall–Kier alpha value is -1.66. The number of nitrogens with one attached hydrogen (secondary N) is 1. The third-order valence-corrected chi connectivity index (χ3v) is 4.45. The van der Waals surface area contributed by atoms with E-state index in [4.69, 9.17) is 0 Å². The summed E-state index contributed by atoms with van der Waals surface area (Å²) in [7, 11) is 0. The smallest absolute Gasteiger partial charge is 0.183 e. The molecule has 2 heterocycles. The van der Waals surface area contributed by atoms with Gasteiger partial charge in [0.15, 0.2) is 5.16 Å². The third-order valence-electron chi connectivity index (χ3n) is 2.60. The quantitative estimate of drug-likeness (QED) is 0.746. The molecule has 96 valence electrons. The second kappa shape index (κ2) is 5.54. The summed E-state index contributed by atoms with van der Waals surface area (Å²) in [6, 6.07) is 8.45. The number of thiazole rings is 1. The van der Waals surface area contributed by atoms with E-state index in [1.807, 2.05) is 0 Å². The fourth-order valence-electron chi connectivity index (χ4n) is 1.61. The number of H-pyrrole nitrogens is 1. The normalized spacial score (nSPS) is 10.8. The van der Waals surface area contributed by atoms with E-state index in [-0.39, 0.29) is 0 Å². The van der Waals surface area contributed by atoms with Crippen molar-refractivity contribution in [3.8, 4) is 10.6 Å². The maximum absolute atomic E-state index is 4.65. The van der Waals surface area contributed by atoms with Gasteiger partial charge in [-0.1, -0.05) is 41.6 Å². The first-order chi connectivity index (χ1) is 9.31. The molecule has 3 aromatic rings. The van der Waals surface area contributed by atoms with Crippen LogP contribution in [-0.4, -0.2) is 20.2 Å². The highest BCUT2D eigenvalue weighted by atomic mass is 32.2. The third kappa shape index (κ3) is 3.02. The Kier molecular flexibility index (Phi) is 3.61. The number of aromatic amines is 1. The number of thioether (sulfide) groups is 1.